The maximum atomic E-state index is 5.82. The molecule has 3 heterocycles. The molecule has 4 rings (SSSR count). The summed E-state index contributed by atoms with van der Waals surface area (Å²) in [6.07, 6.45) is 0. The van der Waals surface area contributed by atoms with Crippen LogP contribution in [0.1, 0.15) is 29.2 Å². The SMILES string of the molecule is Cc1cccc(C)c1-n1nnnc1S[C@H](C)c1nnc(-c2cccs2)o1. The second-order valence-electron chi connectivity index (χ2n) is 5.80. The van der Waals surface area contributed by atoms with Gasteiger partial charge in [0.1, 0.15) is 0 Å². The van der Waals surface area contributed by atoms with Crippen LogP contribution in [0.15, 0.2) is 45.3 Å². The minimum atomic E-state index is -0.0784. The fourth-order valence-corrected chi connectivity index (χ4v) is 4.11. The van der Waals surface area contributed by atoms with E-state index in [0.29, 0.717) is 16.9 Å². The van der Waals surface area contributed by atoms with Gasteiger partial charge in [-0.25, -0.2) is 0 Å². The molecule has 7 nitrogen and oxygen atoms in total. The Bertz CT molecular complexity index is 1000. The molecule has 0 bridgehead atoms. The molecular formula is C17H16N6OS2. The molecule has 0 N–H and O–H groups in total. The van der Waals surface area contributed by atoms with E-state index in [4.69, 9.17) is 4.42 Å². The van der Waals surface area contributed by atoms with Crippen LogP contribution < -0.4 is 0 Å². The Balaban J connectivity index is 1.60. The first-order valence-electron chi connectivity index (χ1n) is 8.02. The molecule has 26 heavy (non-hydrogen) atoms. The number of nitrogens with zero attached hydrogens (tertiary/aromatic N) is 6. The summed E-state index contributed by atoms with van der Waals surface area (Å²) in [5, 5.41) is 23.1. The lowest BCUT2D eigenvalue weighted by molar-refractivity contribution is 0.509. The Morgan fingerprint density at radius 2 is 1.88 bits per heavy atom. The number of benzene rings is 1. The molecule has 0 unspecified atom stereocenters. The Morgan fingerprint density at radius 1 is 1.08 bits per heavy atom. The molecule has 0 saturated heterocycles. The van der Waals surface area contributed by atoms with Crippen molar-refractivity contribution >= 4 is 23.1 Å². The highest BCUT2D eigenvalue weighted by molar-refractivity contribution is 7.99. The van der Waals surface area contributed by atoms with Crippen molar-refractivity contribution in [3.05, 3.63) is 52.7 Å². The van der Waals surface area contributed by atoms with Gasteiger partial charge in [0.2, 0.25) is 11.0 Å². The summed E-state index contributed by atoms with van der Waals surface area (Å²) >= 11 is 3.06. The minimum absolute atomic E-state index is 0.0784. The first-order chi connectivity index (χ1) is 12.6. The van der Waals surface area contributed by atoms with Crippen molar-refractivity contribution in [1.82, 2.24) is 30.4 Å². The van der Waals surface area contributed by atoms with Gasteiger partial charge in [-0.2, -0.15) is 4.68 Å². The van der Waals surface area contributed by atoms with E-state index in [1.54, 1.807) is 16.0 Å². The highest BCUT2D eigenvalue weighted by Crippen LogP contribution is 2.35. The number of para-hydroxylation sites is 1. The number of rotatable bonds is 5. The fourth-order valence-electron chi connectivity index (χ4n) is 2.64. The summed E-state index contributed by atoms with van der Waals surface area (Å²) in [6.45, 7) is 6.10. The molecule has 3 aromatic heterocycles. The van der Waals surface area contributed by atoms with Crippen molar-refractivity contribution in [1.29, 1.82) is 0 Å². The van der Waals surface area contributed by atoms with Gasteiger partial charge in [-0.05, 0) is 53.8 Å². The van der Waals surface area contributed by atoms with Crippen LogP contribution in [0.2, 0.25) is 0 Å². The molecule has 9 heteroatoms. The predicted molar refractivity (Wildman–Crippen MR) is 101 cm³/mol. The number of aromatic nitrogens is 6. The van der Waals surface area contributed by atoms with E-state index in [-0.39, 0.29) is 5.25 Å². The van der Waals surface area contributed by atoms with Gasteiger partial charge in [0.15, 0.2) is 0 Å². The van der Waals surface area contributed by atoms with E-state index >= 15 is 0 Å². The van der Waals surface area contributed by atoms with Crippen LogP contribution >= 0.6 is 23.1 Å². The van der Waals surface area contributed by atoms with Gasteiger partial charge in [0.25, 0.3) is 5.89 Å². The third-order valence-corrected chi connectivity index (χ3v) is 5.77. The molecule has 1 aromatic carbocycles. The molecule has 0 fully saturated rings. The van der Waals surface area contributed by atoms with Crippen molar-refractivity contribution < 1.29 is 4.42 Å². The fraction of sp³-hybridized carbons (Fsp3) is 0.235. The molecule has 0 aliphatic heterocycles. The summed E-state index contributed by atoms with van der Waals surface area (Å²) in [4.78, 5) is 0.960. The van der Waals surface area contributed by atoms with Crippen LogP contribution in [0.4, 0.5) is 0 Å². The van der Waals surface area contributed by atoms with Gasteiger partial charge in [-0.1, -0.05) is 36.0 Å². The monoisotopic (exact) mass is 384 g/mol. The third-order valence-electron chi connectivity index (χ3n) is 3.89. The Kier molecular flexibility index (Phi) is 4.56. The van der Waals surface area contributed by atoms with Crippen LogP contribution in [0.5, 0.6) is 0 Å². The molecule has 0 spiro atoms. The Labute approximate surface area is 158 Å². The summed E-state index contributed by atoms with van der Waals surface area (Å²) in [5.41, 5.74) is 3.23. The zero-order valence-electron chi connectivity index (χ0n) is 14.4. The largest absolute Gasteiger partial charge is 0.419 e. The summed E-state index contributed by atoms with van der Waals surface area (Å²) in [6, 6.07) is 10.0. The van der Waals surface area contributed by atoms with Gasteiger partial charge in [0, 0.05) is 0 Å². The average Bonchev–Trinajstić information content (AvgIpc) is 3.36. The average molecular weight is 384 g/mol. The lowest BCUT2D eigenvalue weighted by Gasteiger charge is -2.11. The predicted octanol–water partition coefficient (Wildman–Crippen LogP) is 4.24. The van der Waals surface area contributed by atoms with E-state index in [0.717, 1.165) is 21.7 Å². The van der Waals surface area contributed by atoms with Crippen molar-refractivity contribution in [2.45, 2.75) is 31.2 Å². The maximum Gasteiger partial charge on any atom is 0.257 e. The lowest BCUT2D eigenvalue weighted by atomic mass is 10.1. The number of tetrazole rings is 1. The highest BCUT2D eigenvalue weighted by Gasteiger charge is 2.21. The Morgan fingerprint density at radius 3 is 2.62 bits per heavy atom. The highest BCUT2D eigenvalue weighted by atomic mass is 32.2. The minimum Gasteiger partial charge on any atom is -0.419 e. The van der Waals surface area contributed by atoms with E-state index in [1.807, 2.05) is 56.5 Å². The molecule has 4 aromatic rings. The van der Waals surface area contributed by atoms with Crippen molar-refractivity contribution in [2.24, 2.45) is 0 Å². The number of hydrogen-bond acceptors (Lipinski definition) is 8. The van der Waals surface area contributed by atoms with E-state index in [1.165, 1.54) is 11.8 Å². The Hall–Kier alpha value is -2.52. The summed E-state index contributed by atoms with van der Waals surface area (Å²) in [5.74, 6) is 1.09. The third kappa shape index (κ3) is 3.15. The molecule has 0 aliphatic rings. The first kappa shape index (κ1) is 16.9. The van der Waals surface area contributed by atoms with E-state index in [2.05, 4.69) is 25.7 Å². The van der Waals surface area contributed by atoms with Crippen LogP contribution in [-0.4, -0.2) is 30.4 Å². The van der Waals surface area contributed by atoms with Crippen LogP contribution in [0, 0.1) is 13.8 Å². The van der Waals surface area contributed by atoms with Crippen LogP contribution in [0.3, 0.4) is 0 Å². The van der Waals surface area contributed by atoms with Crippen molar-refractivity contribution in [3.8, 4) is 16.5 Å². The smallest absolute Gasteiger partial charge is 0.257 e. The zero-order valence-corrected chi connectivity index (χ0v) is 16.1. The van der Waals surface area contributed by atoms with E-state index in [9.17, 15) is 0 Å². The molecular weight excluding hydrogens is 368 g/mol. The normalized spacial score (nSPS) is 12.4. The number of thiophene rings is 1. The van der Waals surface area contributed by atoms with Crippen LogP contribution in [0.25, 0.3) is 16.5 Å². The molecule has 0 saturated carbocycles. The molecule has 132 valence electrons. The molecule has 0 aliphatic carbocycles. The van der Waals surface area contributed by atoms with Crippen molar-refractivity contribution in [3.63, 3.8) is 0 Å². The lowest BCUT2D eigenvalue weighted by Crippen LogP contribution is -2.04. The zero-order chi connectivity index (χ0) is 18.1. The van der Waals surface area contributed by atoms with Crippen molar-refractivity contribution in [2.75, 3.05) is 0 Å². The number of thioether (sulfide) groups is 1. The quantitative estimate of drug-likeness (QED) is 0.476. The standard InChI is InChI=1S/C17H16N6OS2/c1-10-6-4-7-11(2)14(10)23-17(20-21-22-23)26-12(3)15-18-19-16(24-15)13-8-5-9-25-13/h4-9,12H,1-3H3/t12-/m1/s1. The molecule has 1 atom stereocenters. The topological polar surface area (TPSA) is 82.5 Å². The van der Waals surface area contributed by atoms with Gasteiger partial charge in [-0.3, -0.25) is 0 Å². The van der Waals surface area contributed by atoms with Gasteiger partial charge in [0.05, 0.1) is 15.8 Å². The molecule has 0 radical (unpaired) electrons. The second kappa shape index (κ2) is 7.00. The van der Waals surface area contributed by atoms with Crippen LogP contribution in [-0.2, 0) is 0 Å². The number of hydrogen-bond donors (Lipinski definition) is 0. The van der Waals surface area contributed by atoms with Gasteiger partial charge < -0.3 is 4.42 Å². The van der Waals surface area contributed by atoms with Gasteiger partial charge >= 0.3 is 0 Å². The summed E-state index contributed by atoms with van der Waals surface area (Å²) < 4.78 is 7.59. The summed E-state index contributed by atoms with van der Waals surface area (Å²) in [7, 11) is 0. The number of aryl methyl sites for hydroxylation is 2. The van der Waals surface area contributed by atoms with E-state index < -0.39 is 0 Å². The second-order valence-corrected chi connectivity index (χ2v) is 8.05. The molecule has 0 amide bonds. The van der Waals surface area contributed by atoms with Gasteiger partial charge in [-0.15, -0.1) is 26.6 Å². The first-order valence-corrected chi connectivity index (χ1v) is 9.78. The maximum absolute atomic E-state index is 5.82.